The van der Waals surface area contributed by atoms with Gasteiger partial charge < -0.3 is 16.6 Å². The van der Waals surface area contributed by atoms with E-state index in [9.17, 15) is 4.79 Å². The number of rotatable bonds is 1. The number of aliphatic hydroxyl groups is 1. The van der Waals surface area contributed by atoms with Gasteiger partial charge in [-0.15, -0.1) is 0 Å². The summed E-state index contributed by atoms with van der Waals surface area (Å²) in [6, 6.07) is 0. The van der Waals surface area contributed by atoms with Crippen molar-refractivity contribution in [1.29, 1.82) is 0 Å². The zero-order valence-corrected chi connectivity index (χ0v) is 3.59. The molecule has 0 bridgehead atoms. The molecule has 0 saturated heterocycles. The van der Waals surface area contributed by atoms with Gasteiger partial charge >= 0.3 is 0 Å². The Morgan fingerprint density at radius 3 is 2.00 bits per heavy atom. The predicted octanol–water partition coefficient (Wildman–Crippen LogP) is -1.17. The molecule has 4 nitrogen and oxygen atoms in total. The van der Waals surface area contributed by atoms with Crippen LogP contribution in [0.25, 0.3) is 0 Å². The molecule has 0 heterocycles. The Morgan fingerprint density at radius 1 is 1.57 bits per heavy atom. The van der Waals surface area contributed by atoms with Gasteiger partial charge in [-0.1, -0.05) is 0 Å². The third-order valence-electron chi connectivity index (χ3n) is 0.290. The van der Waals surface area contributed by atoms with Crippen LogP contribution in [0, 0.1) is 0 Å². The van der Waals surface area contributed by atoms with E-state index in [0.717, 1.165) is 6.08 Å². The third kappa shape index (κ3) is 4.81. The van der Waals surface area contributed by atoms with Crippen LogP contribution < -0.4 is 11.5 Å². The molecule has 0 fully saturated rings. The highest BCUT2D eigenvalue weighted by Crippen LogP contribution is 1.69. The largest absolute Gasteiger partial charge is 0.495 e. The molecule has 0 saturated carbocycles. The van der Waals surface area contributed by atoms with Gasteiger partial charge in [0.15, 0.2) is 5.88 Å². The summed E-state index contributed by atoms with van der Waals surface area (Å²) in [6.07, 6.45) is 0.722. The molecule has 0 spiro atoms. The number of aliphatic hydroxyl groups excluding tert-OH is 1. The lowest BCUT2D eigenvalue weighted by molar-refractivity contribution is -0.113. The van der Waals surface area contributed by atoms with E-state index in [-0.39, 0.29) is 0 Å². The summed E-state index contributed by atoms with van der Waals surface area (Å²) < 4.78 is 0. The highest BCUT2D eigenvalue weighted by atomic mass is 16.3. The molecule has 0 aliphatic heterocycles. The van der Waals surface area contributed by atoms with E-state index in [1.807, 2.05) is 0 Å². The second-order valence-corrected chi connectivity index (χ2v) is 0.972. The third-order valence-corrected chi connectivity index (χ3v) is 0.290. The molecule has 0 aliphatic carbocycles. The van der Waals surface area contributed by atoms with E-state index >= 15 is 0 Å². The first-order valence-corrected chi connectivity index (χ1v) is 1.58. The van der Waals surface area contributed by atoms with Gasteiger partial charge in [0.2, 0.25) is 5.91 Å². The monoisotopic (exact) mass is 102 g/mol. The van der Waals surface area contributed by atoms with Gasteiger partial charge in [-0.3, -0.25) is 4.79 Å². The number of carbonyl (C=O) groups is 1. The molecule has 0 aromatic carbocycles. The van der Waals surface area contributed by atoms with Crippen LogP contribution in [0.2, 0.25) is 0 Å². The Hall–Kier alpha value is -1.19. The number of carbonyl (C=O) groups excluding carboxylic acids is 1. The van der Waals surface area contributed by atoms with Gasteiger partial charge in [0.05, 0.1) is 6.08 Å². The van der Waals surface area contributed by atoms with Crippen molar-refractivity contribution in [3.8, 4) is 0 Å². The number of hydrogen-bond donors (Lipinski definition) is 3. The molecule has 0 aromatic heterocycles. The van der Waals surface area contributed by atoms with Crippen LogP contribution in [0.15, 0.2) is 12.0 Å². The molecule has 7 heavy (non-hydrogen) atoms. The van der Waals surface area contributed by atoms with Gasteiger partial charge in [-0.2, -0.15) is 0 Å². The van der Waals surface area contributed by atoms with Gasteiger partial charge in [0.25, 0.3) is 0 Å². The number of hydrogen-bond acceptors (Lipinski definition) is 3. The van der Waals surface area contributed by atoms with Crippen LogP contribution in [0.5, 0.6) is 0 Å². The minimum Gasteiger partial charge on any atom is -0.495 e. The predicted molar refractivity (Wildman–Crippen MR) is 24.1 cm³/mol. The SMILES string of the molecule is NC(=O)/C=C(/N)O. The normalized spacial score (nSPS) is 11.1. The van der Waals surface area contributed by atoms with Crippen LogP contribution in [0.1, 0.15) is 0 Å². The van der Waals surface area contributed by atoms with E-state index in [4.69, 9.17) is 5.11 Å². The Kier molecular flexibility index (Phi) is 1.72. The Bertz CT molecular complexity index is 104. The zero-order valence-electron chi connectivity index (χ0n) is 3.59. The summed E-state index contributed by atoms with van der Waals surface area (Å²) in [6.45, 7) is 0. The average molecular weight is 102 g/mol. The molecule has 4 heteroatoms. The minimum atomic E-state index is -0.750. The molecule has 0 rings (SSSR count). The smallest absolute Gasteiger partial charge is 0.246 e. The molecule has 0 aliphatic rings. The topological polar surface area (TPSA) is 89.3 Å². The number of nitrogens with two attached hydrogens (primary N) is 2. The van der Waals surface area contributed by atoms with Crippen molar-refractivity contribution >= 4 is 5.91 Å². The zero-order chi connectivity index (χ0) is 5.86. The summed E-state index contributed by atoms with van der Waals surface area (Å²) in [5.41, 5.74) is 9.15. The Morgan fingerprint density at radius 2 is 2.00 bits per heavy atom. The molecule has 1 amide bonds. The maximum absolute atomic E-state index is 9.72. The quantitative estimate of drug-likeness (QED) is 0.288. The first kappa shape index (κ1) is 5.81. The van der Waals surface area contributed by atoms with Crippen molar-refractivity contribution in [2.75, 3.05) is 0 Å². The fraction of sp³-hybridized carbons (Fsp3) is 0. The van der Waals surface area contributed by atoms with Gasteiger partial charge in [-0.05, 0) is 0 Å². The summed E-state index contributed by atoms with van der Waals surface area (Å²) in [5, 5.41) is 8.06. The van der Waals surface area contributed by atoms with Crippen molar-refractivity contribution in [3.63, 3.8) is 0 Å². The van der Waals surface area contributed by atoms with Gasteiger partial charge in [0.1, 0.15) is 0 Å². The van der Waals surface area contributed by atoms with E-state index in [2.05, 4.69) is 11.5 Å². The second kappa shape index (κ2) is 2.07. The maximum Gasteiger partial charge on any atom is 0.246 e. The lowest BCUT2D eigenvalue weighted by Crippen LogP contribution is -2.09. The van der Waals surface area contributed by atoms with Crippen molar-refractivity contribution in [2.24, 2.45) is 11.5 Å². The number of primary amides is 1. The first-order chi connectivity index (χ1) is 3.13. The lowest BCUT2D eigenvalue weighted by Gasteiger charge is -1.81. The molecule has 0 unspecified atom stereocenters. The van der Waals surface area contributed by atoms with Crippen molar-refractivity contribution < 1.29 is 9.90 Å². The molecular formula is C3H6N2O2. The van der Waals surface area contributed by atoms with Crippen LogP contribution in [-0.2, 0) is 4.79 Å². The van der Waals surface area contributed by atoms with Gasteiger partial charge in [-0.25, -0.2) is 0 Å². The average Bonchev–Trinajstić information content (AvgIpc) is 1.27. The fourth-order valence-corrected chi connectivity index (χ4v) is 0.146. The maximum atomic E-state index is 9.72. The molecule has 0 atom stereocenters. The molecule has 0 radical (unpaired) electrons. The lowest BCUT2D eigenvalue weighted by atomic mass is 10.6. The standard InChI is InChI=1S/C3H6N2O2/c4-2(6)1-3(5)7/h1,6H,4H2,(H2,5,7)/b2-1-. The van der Waals surface area contributed by atoms with Crippen molar-refractivity contribution in [2.45, 2.75) is 0 Å². The van der Waals surface area contributed by atoms with Gasteiger partial charge in [0, 0.05) is 0 Å². The molecule has 40 valence electrons. The summed E-state index contributed by atoms with van der Waals surface area (Å²) in [5.74, 6) is -1.31. The van der Waals surface area contributed by atoms with Crippen LogP contribution in [0.4, 0.5) is 0 Å². The van der Waals surface area contributed by atoms with E-state index in [0.29, 0.717) is 0 Å². The second-order valence-electron chi connectivity index (χ2n) is 0.972. The summed E-state index contributed by atoms with van der Waals surface area (Å²) in [7, 11) is 0. The molecular weight excluding hydrogens is 96.0 g/mol. The molecule has 0 aromatic rings. The summed E-state index contributed by atoms with van der Waals surface area (Å²) >= 11 is 0. The fourth-order valence-electron chi connectivity index (χ4n) is 0.146. The highest BCUT2D eigenvalue weighted by molar-refractivity contribution is 5.85. The Labute approximate surface area is 40.4 Å². The molecule has 5 N–H and O–H groups in total. The van der Waals surface area contributed by atoms with Crippen LogP contribution >= 0.6 is 0 Å². The first-order valence-electron chi connectivity index (χ1n) is 1.58. The van der Waals surface area contributed by atoms with E-state index in [1.165, 1.54) is 0 Å². The van der Waals surface area contributed by atoms with Crippen LogP contribution in [-0.4, -0.2) is 11.0 Å². The van der Waals surface area contributed by atoms with Crippen molar-refractivity contribution in [3.05, 3.63) is 12.0 Å². The van der Waals surface area contributed by atoms with E-state index in [1.54, 1.807) is 0 Å². The van der Waals surface area contributed by atoms with E-state index < -0.39 is 11.8 Å². The summed E-state index contributed by atoms with van der Waals surface area (Å²) in [4.78, 5) is 9.72. The van der Waals surface area contributed by atoms with Crippen LogP contribution in [0.3, 0.4) is 0 Å². The highest BCUT2D eigenvalue weighted by Gasteiger charge is 1.84. The van der Waals surface area contributed by atoms with Crippen molar-refractivity contribution in [1.82, 2.24) is 0 Å². The Balaban J connectivity index is 3.68. The minimum absolute atomic E-state index is 0.562. The number of amides is 1.